The summed E-state index contributed by atoms with van der Waals surface area (Å²) in [6, 6.07) is 5.50. The summed E-state index contributed by atoms with van der Waals surface area (Å²) in [5, 5.41) is 3.20. The van der Waals surface area contributed by atoms with Crippen molar-refractivity contribution in [2.75, 3.05) is 26.7 Å². The van der Waals surface area contributed by atoms with Crippen LogP contribution in [0.25, 0.3) is 0 Å². The number of nitrogens with zero attached hydrogens (tertiary/aromatic N) is 1. The van der Waals surface area contributed by atoms with Crippen molar-refractivity contribution >= 4 is 28.2 Å². The highest BCUT2D eigenvalue weighted by molar-refractivity contribution is 7.93. The summed E-state index contributed by atoms with van der Waals surface area (Å²) in [5.74, 6) is 0.401. The molecule has 0 unspecified atom stereocenters. The number of rotatable bonds is 5. The lowest BCUT2D eigenvalue weighted by Gasteiger charge is -2.38. The Kier molecular flexibility index (Phi) is 7.56. The molecule has 0 spiro atoms. The van der Waals surface area contributed by atoms with Crippen LogP contribution in [0.3, 0.4) is 0 Å². The number of hydrogen-bond donors (Lipinski definition) is 1. The molecule has 2 fully saturated rings. The first-order chi connectivity index (χ1) is 12.8. The van der Waals surface area contributed by atoms with Gasteiger partial charge in [-0.15, -0.1) is 12.4 Å². The first kappa shape index (κ1) is 23.2. The van der Waals surface area contributed by atoms with Crippen molar-refractivity contribution in [1.29, 1.82) is 0 Å². The molecule has 1 saturated carbocycles. The molecule has 1 amide bonds. The van der Waals surface area contributed by atoms with Gasteiger partial charge in [0.25, 0.3) is 0 Å². The first-order valence-corrected chi connectivity index (χ1v) is 11.6. The van der Waals surface area contributed by atoms with E-state index >= 15 is 0 Å². The Morgan fingerprint density at radius 3 is 2.36 bits per heavy atom. The fraction of sp³-hybridized carbons (Fsp3) is 0.667. The Balaban J connectivity index is 0.00000280. The highest BCUT2D eigenvalue weighted by Gasteiger charge is 2.55. The second kappa shape index (κ2) is 9.14. The number of likely N-dealkylation sites (tertiary alicyclic amines) is 1. The smallest absolute Gasteiger partial charge is 0.244 e. The molecule has 1 aromatic carbocycles. The molecule has 1 aliphatic carbocycles. The van der Waals surface area contributed by atoms with E-state index in [9.17, 15) is 13.2 Å². The van der Waals surface area contributed by atoms with Gasteiger partial charge in [0.1, 0.15) is 0 Å². The van der Waals surface area contributed by atoms with Crippen LogP contribution in [0.4, 0.5) is 0 Å². The standard InChI is InChI=1S/C21H32N2O3S.ClH/c1-16-6-7-17(2)19(14-16)27(25,26)21(10-4-5-11-21)20(24)23-12-8-18(9-13-23)15-22-3;/h6-7,14,18,22H,4-5,8-13,15H2,1-3H3;1H. The van der Waals surface area contributed by atoms with Crippen LogP contribution >= 0.6 is 12.4 Å². The van der Waals surface area contributed by atoms with Gasteiger partial charge < -0.3 is 10.2 Å². The van der Waals surface area contributed by atoms with Gasteiger partial charge in [-0.25, -0.2) is 8.42 Å². The van der Waals surface area contributed by atoms with E-state index in [1.807, 2.05) is 37.9 Å². The summed E-state index contributed by atoms with van der Waals surface area (Å²) >= 11 is 0. The van der Waals surface area contributed by atoms with E-state index in [1.165, 1.54) is 0 Å². The van der Waals surface area contributed by atoms with Gasteiger partial charge in [-0.3, -0.25) is 4.79 Å². The summed E-state index contributed by atoms with van der Waals surface area (Å²) < 4.78 is 26.2. The number of nitrogens with one attached hydrogen (secondary N) is 1. The second-order valence-corrected chi connectivity index (χ2v) is 10.5. The Morgan fingerprint density at radius 1 is 1.18 bits per heavy atom. The van der Waals surface area contributed by atoms with E-state index in [2.05, 4.69) is 5.32 Å². The van der Waals surface area contributed by atoms with Gasteiger partial charge >= 0.3 is 0 Å². The third-order valence-corrected chi connectivity index (χ3v) is 8.97. The number of hydrogen-bond acceptors (Lipinski definition) is 4. The minimum absolute atomic E-state index is 0. The molecule has 0 aromatic heterocycles. The lowest BCUT2D eigenvalue weighted by Crippen LogP contribution is -2.54. The van der Waals surface area contributed by atoms with Crippen molar-refractivity contribution in [2.24, 2.45) is 5.92 Å². The van der Waals surface area contributed by atoms with E-state index in [4.69, 9.17) is 0 Å². The quantitative estimate of drug-likeness (QED) is 0.781. The molecule has 0 bridgehead atoms. The summed E-state index contributed by atoms with van der Waals surface area (Å²) in [4.78, 5) is 15.7. The average molecular weight is 429 g/mol. The van der Waals surface area contributed by atoms with Crippen molar-refractivity contribution < 1.29 is 13.2 Å². The van der Waals surface area contributed by atoms with Crippen molar-refractivity contribution in [1.82, 2.24) is 10.2 Å². The zero-order chi connectivity index (χ0) is 19.7. The minimum Gasteiger partial charge on any atom is -0.341 e. The number of aryl methyl sites for hydroxylation is 2. The van der Waals surface area contributed by atoms with Crippen LogP contribution in [0, 0.1) is 19.8 Å². The van der Waals surface area contributed by atoms with E-state index in [0.717, 1.165) is 43.4 Å². The SMILES string of the molecule is CNCC1CCN(C(=O)C2(S(=O)(=O)c3cc(C)ccc3C)CCCC2)CC1.Cl. The van der Waals surface area contributed by atoms with Crippen LogP contribution < -0.4 is 5.32 Å². The Hall–Kier alpha value is -1.11. The van der Waals surface area contributed by atoms with Gasteiger partial charge in [-0.05, 0) is 76.2 Å². The number of sulfone groups is 1. The molecule has 2 aliphatic rings. The number of carbonyl (C=O) groups excluding carboxylic acids is 1. The largest absolute Gasteiger partial charge is 0.341 e. The van der Waals surface area contributed by atoms with Crippen molar-refractivity contribution in [2.45, 2.75) is 62.0 Å². The molecule has 28 heavy (non-hydrogen) atoms. The molecular weight excluding hydrogens is 396 g/mol. The van der Waals surface area contributed by atoms with Gasteiger partial charge in [0.2, 0.25) is 5.91 Å². The summed E-state index contributed by atoms with van der Waals surface area (Å²) in [7, 11) is -1.78. The highest BCUT2D eigenvalue weighted by Crippen LogP contribution is 2.43. The third-order valence-electron chi connectivity index (χ3n) is 6.34. The van der Waals surface area contributed by atoms with E-state index in [1.54, 1.807) is 6.07 Å². The van der Waals surface area contributed by atoms with Crippen LogP contribution in [0.15, 0.2) is 23.1 Å². The molecule has 1 N–H and O–H groups in total. The van der Waals surface area contributed by atoms with Gasteiger partial charge in [-0.2, -0.15) is 0 Å². The topological polar surface area (TPSA) is 66.5 Å². The molecule has 1 aliphatic heterocycles. The zero-order valence-corrected chi connectivity index (χ0v) is 18.8. The maximum atomic E-state index is 13.7. The van der Waals surface area contributed by atoms with Gasteiger partial charge in [0, 0.05) is 13.1 Å². The molecule has 0 atom stereocenters. The summed E-state index contributed by atoms with van der Waals surface area (Å²) in [5.41, 5.74) is 1.64. The maximum Gasteiger partial charge on any atom is 0.244 e. The highest BCUT2D eigenvalue weighted by atomic mass is 35.5. The van der Waals surface area contributed by atoms with Crippen LogP contribution in [0.2, 0.25) is 0 Å². The third kappa shape index (κ3) is 4.10. The van der Waals surface area contributed by atoms with Crippen molar-refractivity contribution in [3.8, 4) is 0 Å². The summed E-state index contributed by atoms with van der Waals surface area (Å²) in [6.45, 7) is 6.00. The van der Waals surface area contributed by atoms with Crippen LogP contribution in [0.5, 0.6) is 0 Å². The zero-order valence-electron chi connectivity index (χ0n) is 17.2. The number of carbonyl (C=O) groups is 1. The van der Waals surface area contributed by atoms with E-state index in [0.29, 0.717) is 36.7 Å². The van der Waals surface area contributed by atoms with E-state index in [-0.39, 0.29) is 18.3 Å². The Labute approximate surface area is 175 Å². The molecular formula is C21H33ClN2O3S. The predicted molar refractivity (Wildman–Crippen MR) is 115 cm³/mol. The summed E-state index contributed by atoms with van der Waals surface area (Å²) in [6.07, 6.45) is 4.35. The second-order valence-electron chi connectivity index (χ2n) is 8.27. The molecule has 3 rings (SSSR count). The Bertz CT molecular complexity index is 796. The molecule has 5 nitrogen and oxygen atoms in total. The Morgan fingerprint density at radius 2 is 1.79 bits per heavy atom. The molecule has 1 aromatic rings. The first-order valence-electron chi connectivity index (χ1n) is 10.1. The fourth-order valence-corrected chi connectivity index (χ4v) is 7.11. The van der Waals surface area contributed by atoms with Crippen molar-refractivity contribution in [3.05, 3.63) is 29.3 Å². The minimum atomic E-state index is -3.73. The van der Waals surface area contributed by atoms with Crippen molar-refractivity contribution in [3.63, 3.8) is 0 Å². The van der Waals surface area contributed by atoms with Crippen LogP contribution in [-0.2, 0) is 14.6 Å². The number of benzene rings is 1. The monoisotopic (exact) mass is 428 g/mol. The predicted octanol–water partition coefficient (Wildman–Crippen LogP) is 3.27. The van der Waals surface area contributed by atoms with Gasteiger partial charge in [0.05, 0.1) is 4.90 Å². The van der Waals surface area contributed by atoms with Gasteiger partial charge in [-0.1, -0.05) is 25.0 Å². The number of amides is 1. The van der Waals surface area contributed by atoms with E-state index < -0.39 is 14.6 Å². The molecule has 7 heteroatoms. The average Bonchev–Trinajstić information content (AvgIpc) is 3.16. The molecule has 1 saturated heterocycles. The molecule has 1 heterocycles. The number of halogens is 1. The number of piperidine rings is 1. The van der Waals surface area contributed by atoms with Crippen LogP contribution in [0.1, 0.15) is 49.7 Å². The normalized spacial score (nSPS) is 20.0. The lowest BCUT2D eigenvalue weighted by atomic mass is 9.95. The maximum absolute atomic E-state index is 13.7. The fourth-order valence-electron chi connectivity index (χ4n) is 4.67. The van der Waals surface area contributed by atoms with Gasteiger partial charge in [0.15, 0.2) is 14.6 Å². The molecule has 0 radical (unpaired) electrons. The molecule has 158 valence electrons. The van der Waals surface area contributed by atoms with Crippen LogP contribution in [-0.4, -0.2) is 50.7 Å². The lowest BCUT2D eigenvalue weighted by molar-refractivity contribution is -0.135.